The van der Waals surface area contributed by atoms with Crippen molar-refractivity contribution in [1.29, 1.82) is 0 Å². The van der Waals surface area contributed by atoms with Crippen LogP contribution in [0, 0.1) is 0 Å². The van der Waals surface area contributed by atoms with Crippen molar-refractivity contribution in [3.8, 4) is 0 Å². The van der Waals surface area contributed by atoms with Crippen LogP contribution in [0.4, 0.5) is 0 Å². The third kappa shape index (κ3) is 35.3. The van der Waals surface area contributed by atoms with Gasteiger partial charge in [0, 0.05) is 0 Å². The lowest BCUT2D eigenvalue weighted by Crippen LogP contribution is -2.60. The van der Waals surface area contributed by atoms with Crippen LogP contribution >= 0.6 is 0 Å². The SMILES string of the molecule is CCCCCCCCCCCCCCCCCCCCCCCCCCCCCCCCC(O)C(=O)NC(COC1OC(CO)C(O)C(O)C1O)C(O)C(O)CCCCCCCCCCCCC. The maximum absolute atomic E-state index is 13.1. The van der Waals surface area contributed by atoms with Gasteiger partial charge in [-0.3, -0.25) is 4.79 Å². The average molecular weight is 973 g/mol. The first-order chi connectivity index (χ1) is 33.2. The first-order valence-corrected chi connectivity index (χ1v) is 29.4. The molecule has 1 amide bonds. The molecule has 1 fully saturated rings. The molecule has 0 saturated carbocycles. The van der Waals surface area contributed by atoms with Crippen LogP contribution in [0.5, 0.6) is 0 Å². The zero-order valence-corrected chi connectivity index (χ0v) is 44.4. The van der Waals surface area contributed by atoms with E-state index >= 15 is 0 Å². The fraction of sp³-hybridized carbons (Fsp3) is 0.982. The van der Waals surface area contributed by atoms with Crippen molar-refractivity contribution in [3.63, 3.8) is 0 Å². The molecule has 1 saturated heterocycles. The number of unbranched alkanes of at least 4 members (excludes halogenated alkanes) is 39. The van der Waals surface area contributed by atoms with Gasteiger partial charge in [-0.2, -0.15) is 0 Å². The van der Waals surface area contributed by atoms with Crippen LogP contribution in [0.2, 0.25) is 0 Å². The highest BCUT2D eigenvalue weighted by Crippen LogP contribution is 2.24. The summed E-state index contributed by atoms with van der Waals surface area (Å²) in [4.78, 5) is 13.1. The van der Waals surface area contributed by atoms with Crippen molar-refractivity contribution in [3.05, 3.63) is 0 Å². The highest BCUT2D eigenvalue weighted by molar-refractivity contribution is 5.80. The second kappa shape index (κ2) is 47.1. The van der Waals surface area contributed by atoms with Crippen LogP contribution < -0.4 is 5.32 Å². The van der Waals surface area contributed by atoms with Crippen molar-refractivity contribution in [2.24, 2.45) is 0 Å². The Morgan fingerprint density at radius 2 is 0.765 bits per heavy atom. The van der Waals surface area contributed by atoms with Crippen LogP contribution in [0.15, 0.2) is 0 Å². The Labute approximate surface area is 418 Å². The van der Waals surface area contributed by atoms with Gasteiger partial charge in [-0.1, -0.05) is 277 Å². The highest BCUT2D eigenvalue weighted by Gasteiger charge is 2.44. The van der Waals surface area contributed by atoms with Crippen LogP contribution in [0.25, 0.3) is 0 Å². The van der Waals surface area contributed by atoms with Gasteiger partial charge in [-0.05, 0) is 12.8 Å². The van der Waals surface area contributed by atoms with Gasteiger partial charge in [-0.25, -0.2) is 0 Å². The minimum Gasteiger partial charge on any atom is -0.394 e. The number of carbonyl (C=O) groups is 1. The fourth-order valence-corrected chi connectivity index (χ4v) is 9.86. The van der Waals surface area contributed by atoms with E-state index in [-0.39, 0.29) is 6.42 Å². The molecule has 406 valence electrons. The summed E-state index contributed by atoms with van der Waals surface area (Å²) < 4.78 is 11.1. The van der Waals surface area contributed by atoms with Gasteiger partial charge in [0.2, 0.25) is 5.91 Å². The molecule has 0 aromatic heterocycles. The highest BCUT2D eigenvalue weighted by atomic mass is 16.7. The van der Waals surface area contributed by atoms with Crippen LogP contribution in [-0.2, 0) is 14.3 Å². The summed E-state index contributed by atoms with van der Waals surface area (Å²) in [5, 5.41) is 75.9. The Kier molecular flexibility index (Phi) is 45.1. The largest absolute Gasteiger partial charge is 0.394 e. The zero-order valence-electron chi connectivity index (χ0n) is 44.4. The fourth-order valence-electron chi connectivity index (χ4n) is 9.86. The van der Waals surface area contributed by atoms with Crippen LogP contribution in [0.3, 0.4) is 0 Å². The molecule has 0 aliphatic carbocycles. The smallest absolute Gasteiger partial charge is 0.249 e. The molecule has 68 heavy (non-hydrogen) atoms. The Hall–Kier alpha value is -0.890. The first kappa shape index (κ1) is 65.1. The summed E-state index contributed by atoms with van der Waals surface area (Å²) in [6, 6.07) is -1.16. The van der Waals surface area contributed by atoms with Crippen molar-refractivity contribution in [1.82, 2.24) is 5.32 Å². The summed E-state index contributed by atoms with van der Waals surface area (Å²) in [6.07, 6.45) is 41.9. The number of aliphatic hydroxyl groups is 7. The molecule has 0 bridgehead atoms. The minimum atomic E-state index is -1.66. The molecule has 11 heteroatoms. The Morgan fingerprint density at radius 1 is 0.456 bits per heavy atom. The van der Waals surface area contributed by atoms with Crippen molar-refractivity contribution in [2.75, 3.05) is 13.2 Å². The predicted molar refractivity (Wildman–Crippen MR) is 280 cm³/mol. The predicted octanol–water partition coefficient (Wildman–Crippen LogP) is 12.2. The Balaban J connectivity index is 2.17. The van der Waals surface area contributed by atoms with E-state index in [2.05, 4.69) is 19.2 Å². The number of rotatable bonds is 51. The number of carbonyl (C=O) groups excluding carboxylic acids is 1. The zero-order chi connectivity index (χ0) is 49.7. The van der Waals surface area contributed by atoms with E-state index in [1.807, 2.05) is 0 Å². The van der Waals surface area contributed by atoms with Crippen LogP contribution in [0.1, 0.15) is 290 Å². The quantitative estimate of drug-likeness (QED) is 0.0272. The molecule has 1 aliphatic rings. The van der Waals surface area contributed by atoms with Gasteiger partial charge in [-0.15, -0.1) is 0 Å². The molecule has 9 unspecified atom stereocenters. The van der Waals surface area contributed by atoms with Gasteiger partial charge in [0.15, 0.2) is 6.29 Å². The number of amides is 1. The van der Waals surface area contributed by atoms with Gasteiger partial charge in [0.05, 0.1) is 25.4 Å². The lowest BCUT2D eigenvalue weighted by Gasteiger charge is -2.40. The lowest BCUT2D eigenvalue weighted by atomic mass is 9.98. The van der Waals surface area contributed by atoms with Crippen molar-refractivity contribution >= 4 is 5.91 Å². The van der Waals surface area contributed by atoms with Gasteiger partial charge in [0.25, 0.3) is 0 Å². The van der Waals surface area contributed by atoms with E-state index in [1.165, 1.54) is 212 Å². The minimum absolute atomic E-state index is 0.267. The molecular formula is C57H113NO10. The summed E-state index contributed by atoms with van der Waals surface area (Å²) >= 11 is 0. The normalized spacial score (nSPS) is 20.4. The maximum atomic E-state index is 13.1. The number of nitrogens with one attached hydrogen (secondary N) is 1. The summed E-state index contributed by atoms with van der Waals surface area (Å²) in [5.41, 5.74) is 0. The van der Waals surface area contributed by atoms with Gasteiger partial charge in [0.1, 0.15) is 36.6 Å². The number of hydrogen-bond donors (Lipinski definition) is 8. The molecule has 9 atom stereocenters. The van der Waals surface area contributed by atoms with E-state index in [0.29, 0.717) is 19.3 Å². The summed E-state index contributed by atoms with van der Waals surface area (Å²) in [5.74, 6) is -0.691. The third-order valence-corrected chi connectivity index (χ3v) is 14.7. The number of ether oxygens (including phenoxy) is 2. The van der Waals surface area contributed by atoms with E-state index in [9.17, 15) is 40.5 Å². The molecule has 8 N–H and O–H groups in total. The summed E-state index contributed by atoms with van der Waals surface area (Å²) in [6.45, 7) is 3.47. The Morgan fingerprint density at radius 3 is 1.09 bits per heavy atom. The summed E-state index contributed by atoms with van der Waals surface area (Å²) in [7, 11) is 0. The van der Waals surface area contributed by atoms with Gasteiger partial charge >= 0.3 is 0 Å². The molecule has 1 rings (SSSR count). The molecule has 0 aromatic carbocycles. The monoisotopic (exact) mass is 972 g/mol. The molecule has 1 aliphatic heterocycles. The molecule has 0 spiro atoms. The average Bonchev–Trinajstić information content (AvgIpc) is 3.34. The molecular weight excluding hydrogens is 859 g/mol. The van der Waals surface area contributed by atoms with E-state index in [0.717, 1.165) is 38.5 Å². The second-order valence-electron chi connectivity index (χ2n) is 21.1. The third-order valence-electron chi connectivity index (χ3n) is 14.7. The second-order valence-corrected chi connectivity index (χ2v) is 21.1. The Bertz CT molecular complexity index is 1070. The van der Waals surface area contributed by atoms with E-state index in [1.54, 1.807) is 0 Å². The topological polar surface area (TPSA) is 189 Å². The lowest BCUT2D eigenvalue weighted by molar-refractivity contribution is -0.303. The molecule has 11 nitrogen and oxygen atoms in total. The maximum Gasteiger partial charge on any atom is 0.249 e. The van der Waals surface area contributed by atoms with Crippen molar-refractivity contribution in [2.45, 2.75) is 345 Å². The molecule has 0 aromatic rings. The number of aliphatic hydroxyl groups excluding tert-OH is 7. The van der Waals surface area contributed by atoms with E-state index in [4.69, 9.17) is 9.47 Å². The van der Waals surface area contributed by atoms with Gasteiger partial charge < -0.3 is 50.5 Å². The standard InChI is InChI=1S/C57H113NO10/c1-3-5-7-9-11-13-15-16-17-18-19-20-21-22-23-24-25-26-27-28-29-30-31-32-33-35-37-39-41-43-45-50(61)56(66)58-48(47-67-57-55(65)54(64)53(63)51(46-59)68-57)52(62)49(60)44-42-40-38-36-34-14-12-10-8-6-4-2/h48-55,57,59-65H,3-47H2,1-2H3,(H,58,66). The number of hydrogen-bond acceptors (Lipinski definition) is 10. The first-order valence-electron chi connectivity index (χ1n) is 29.4. The molecule has 1 heterocycles. The molecule has 0 radical (unpaired) electrons. The van der Waals surface area contributed by atoms with Crippen LogP contribution in [-0.4, -0.2) is 110 Å². The van der Waals surface area contributed by atoms with E-state index < -0.39 is 74.2 Å². The van der Waals surface area contributed by atoms with Crippen molar-refractivity contribution < 1.29 is 50.0 Å².